The third-order valence-corrected chi connectivity index (χ3v) is 13.9. The molecule has 6 nitrogen and oxygen atoms in total. The molecule has 6 heteroatoms. The zero-order chi connectivity index (χ0) is 50.7. The van der Waals surface area contributed by atoms with Crippen molar-refractivity contribution in [1.82, 2.24) is 0 Å². The van der Waals surface area contributed by atoms with Crippen LogP contribution in [-0.2, 0) is 28.6 Å². The summed E-state index contributed by atoms with van der Waals surface area (Å²) in [6, 6.07) is 0. The molecule has 0 spiro atoms. The minimum absolute atomic E-state index is 0.0724. The molecular weight excluding hydrogens is 865 g/mol. The monoisotopic (exact) mass is 983 g/mol. The number of ether oxygens (including phenoxy) is 3. The molecule has 0 saturated heterocycles. The predicted molar refractivity (Wildman–Crippen MR) is 302 cm³/mol. The maximum absolute atomic E-state index is 12.9. The fourth-order valence-electron chi connectivity index (χ4n) is 9.18. The molecule has 0 saturated carbocycles. The van der Waals surface area contributed by atoms with Gasteiger partial charge in [0.05, 0.1) is 0 Å². The van der Waals surface area contributed by atoms with Gasteiger partial charge in [-0.3, -0.25) is 14.4 Å². The van der Waals surface area contributed by atoms with Gasteiger partial charge in [0.25, 0.3) is 0 Å². The second kappa shape index (κ2) is 59.2. The standard InChI is InChI=1S/C64H118O6/c1-4-7-10-13-16-19-22-25-27-29-31-32-34-35-37-39-42-45-48-51-54-57-63(66)69-60-61(59-68-62(65)56-53-50-47-44-41-24-21-18-15-12-9-6-3)70-64(67)58-55-52-49-46-43-40-38-36-33-30-28-26-23-20-17-14-11-8-5-2/h17-18,20-21,26,28,61H,4-16,19,22-25,27,29-60H2,1-3H3/b20-17-,21-18-,28-26-. The van der Waals surface area contributed by atoms with Crippen LogP contribution < -0.4 is 0 Å². The summed E-state index contributed by atoms with van der Waals surface area (Å²) in [6.45, 7) is 6.63. The molecule has 0 amide bonds. The van der Waals surface area contributed by atoms with Crippen LogP contribution in [-0.4, -0.2) is 37.2 Å². The molecule has 0 aliphatic carbocycles. The van der Waals surface area contributed by atoms with Gasteiger partial charge in [-0.2, -0.15) is 0 Å². The molecule has 0 N–H and O–H groups in total. The first-order chi connectivity index (χ1) is 34.5. The van der Waals surface area contributed by atoms with E-state index in [0.29, 0.717) is 19.3 Å². The van der Waals surface area contributed by atoms with Crippen LogP contribution in [0.5, 0.6) is 0 Å². The molecule has 1 unspecified atom stereocenters. The summed E-state index contributed by atoms with van der Waals surface area (Å²) in [6.07, 6.45) is 71.5. The molecule has 0 heterocycles. The Morgan fingerprint density at radius 1 is 0.286 bits per heavy atom. The minimum atomic E-state index is -0.775. The normalized spacial score (nSPS) is 12.2. The van der Waals surface area contributed by atoms with E-state index in [2.05, 4.69) is 57.2 Å². The molecule has 0 aromatic carbocycles. The maximum atomic E-state index is 12.9. The van der Waals surface area contributed by atoms with Gasteiger partial charge in [-0.05, 0) is 77.0 Å². The summed E-state index contributed by atoms with van der Waals surface area (Å²) in [5.74, 6) is -0.866. The Balaban J connectivity index is 4.28. The van der Waals surface area contributed by atoms with Crippen molar-refractivity contribution < 1.29 is 28.6 Å². The van der Waals surface area contributed by atoms with Crippen LogP contribution in [0.4, 0.5) is 0 Å². The van der Waals surface area contributed by atoms with Crippen LogP contribution in [0.3, 0.4) is 0 Å². The third kappa shape index (κ3) is 56.5. The molecule has 1 atom stereocenters. The first-order valence-corrected chi connectivity index (χ1v) is 31.0. The van der Waals surface area contributed by atoms with Crippen molar-refractivity contribution in [1.29, 1.82) is 0 Å². The Morgan fingerprint density at radius 2 is 0.514 bits per heavy atom. The third-order valence-electron chi connectivity index (χ3n) is 13.9. The Morgan fingerprint density at radius 3 is 0.829 bits per heavy atom. The average Bonchev–Trinajstić information content (AvgIpc) is 3.36. The number of esters is 3. The van der Waals surface area contributed by atoms with E-state index in [-0.39, 0.29) is 31.1 Å². The molecule has 0 fully saturated rings. The Bertz CT molecular complexity index is 1170. The van der Waals surface area contributed by atoms with Crippen LogP contribution in [0.25, 0.3) is 0 Å². The van der Waals surface area contributed by atoms with E-state index in [0.717, 1.165) is 70.6 Å². The molecule has 0 bridgehead atoms. The highest BCUT2D eigenvalue weighted by Crippen LogP contribution is 2.17. The van der Waals surface area contributed by atoms with Crippen LogP contribution in [0.15, 0.2) is 36.5 Å². The quantitative estimate of drug-likeness (QED) is 0.0261. The predicted octanol–water partition coefficient (Wildman–Crippen LogP) is 20.8. The largest absolute Gasteiger partial charge is 0.462 e. The molecular formula is C64H118O6. The fourth-order valence-corrected chi connectivity index (χ4v) is 9.18. The van der Waals surface area contributed by atoms with E-state index < -0.39 is 6.10 Å². The highest BCUT2D eigenvalue weighted by atomic mass is 16.6. The summed E-state index contributed by atoms with van der Waals surface area (Å²) in [4.78, 5) is 38.2. The van der Waals surface area contributed by atoms with Crippen molar-refractivity contribution in [3.8, 4) is 0 Å². The number of carbonyl (C=O) groups excluding carboxylic acids is 3. The van der Waals surface area contributed by atoms with Crippen molar-refractivity contribution in [2.24, 2.45) is 0 Å². The van der Waals surface area contributed by atoms with Crippen LogP contribution in [0.2, 0.25) is 0 Å². The smallest absolute Gasteiger partial charge is 0.306 e. The van der Waals surface area contributed by atoms with E-state index in [4.69, 9.17) is 14.2 Å². The van der Waals surface area contributed by atoms with Crippen molar-refractivity contribution in [3.05, 3.63) is 36.5 Å². The Labute approximate surface area is 435 Å². The second-order valence-electron chi connectivity index (χ2n) is 21.0. The lowest BCUT2D eigenvalue weighted by Gasteiger charge is -2.18. The first-order valence-electron chi connectivity index (χ1n) is 31.0. The topological polar surface area (TPSA) is 78.9 Å². The summed E-state index contributed by atoms with van der Waals surface area (Å²) < 4.78 is 16.9. The number of allylic oxidation sites excluding steroid dienone is 6. The lowest BCUT2D eigenvalue weighted by Crippen LogP contribution is -2.30. The number of hydrogen-bond donors (Lipinski definition) is 0. The summed E-state index contributed by atoms with van der Waals surface area (Å²) >= 11 is 0. The SMILES string of the molecule is CCCCC/C=C\C/C=C\CCCCCCCCCCCC(=O)OC(COC(=O)CCCCCCC/C=C\CCCCC)COC(=O)CCCCCCCCCCCCCCCCCCCCCCC. The Kier molecular flexibility index (Phi) is 57.2. The number of rotatable bonds is 57. The number of unbranched alkanes of at least 4 members (excludes halogenated alkanes) is 40. The lowest BCUT2D eigenvalue weighted by molar-refractivity contribution is -0.167. The first kappa shape index (κ1) is 67.6. The molecule has 410 valence electrons. The Hall–Kier alpha value is -2.37. The molecule has 0 radical (unpaired) electrons. The molecule has 0 aromatic rings. The van der Waals surface area contributed by atoms with Crippen LogP contribution in [0.1, 0.15) is 335 Å². The second-order valence-corrected chi connectivity index (χ2v) is 21.0. The average molecular weight is 984 g/mol. The molecule has 0 aromatic heterocycles. The summed E-state index contributed by atoms with van der Waals surface area (Å²) in [5, 5.41) is 0. The van der Waals surface area contributed by atoms with Crippen LogP contribution >= 0.6 is 0 Å². The zero-order valence-electron chi connectivity index (χ0n) is 47.1. The molecule has 0 rings (SSSR count). The van der Waals surface area contributed by atoms with Gasteiger partial charge in [0, 0.05) is 19.3 Å². The van der Waals surface area contributed by atoms with Crippen molar-refractivity contribution >= 4 is 17.9 Å². The van der Waals surface area contributed by atoms with E-state index in [1.165, 1.54) is 225 Å². The van der Waals surface area contributed by atoms with Gasteiger partial charge in [0.2, 0.25) is 0 Å². The van der Waals surface area contributed by atoms with Gasteiger partial charge >= 0.3 is 17.9 Å². The van der Waals surface area contributed by atoms with E-state index in [1.807, 2.05) is 0 Å². The van der Waals surface area contributed by atoms with E-state index in [1.54, 1.807) is 0 Å². The molecule has 70 heavy (non-hydrogen) atoms. The van der Waals surface area contributed by atoms with E-state index in [9.17, 15) is 14.4 Å². The zero-order valence-corrected chi connectivity index (χ0v) is 47.1. The van der Waals surface area contributed by atoms with Gasteiger partial charge in [0.1, 0.15) is 13.2 Å². The van der Waals surface area contributed by atoms with Gasteiger partial charge in [-0.25, -0.2) is 0 Å². The van der Waals surface area contributed by atoms with Crippen molar-refractivity contribution in [2.45, 2.75) is 341 Å². The lowest BCUT2D eigenvalue weighted by atomic mass is 10.0. The highest BCUT2D eigenvalue weighted by molar-refractivity contribution is 5.71. The maximum Gasteiger partial charge on any atom is 0.306 e. The number of hydrogen-bond acceptors (Lipinski definition) is 6. The van der Waals surface area contributed by atoms with Gasteiger partial charge in [0.15, 0.2) is 6.10 Å². The van der Waals surface area contributed by atoms with E-state index >= 15 is 0 Å². The number of carbonyl (C=O) groups is 3. The van der Waals surface area contributed by atoms with Crippen molar-refractivity contribution in [2.75, 3.05) is 13.2 Å². The van der Waals surface area contributed by atoms with Gasteiger partial charge in [-0.1, -0.05) is 276 Å². The van der Waals surface area contributed by atoms with Gasteiger partial charge < -0.3 is 14.2 Å². The molecule has 0 aliphatic rings. The summed E-state index contributed by atoms with van der Waals surface area (Å²) in [7, 11) is 0. The van der Waals surface area contributed by atoms with Gasteiger partial charge in [-0.15, -0.1) is 0 Å². The summed E-state index contributed by atoms with van der Waals surface area (Å²) in [5.41, 5.74) is 0. The van der Waals surface area contributed by atoms with Crippen LogP contribution in [0, 0.1) is 0 Å². The highest BCUT2D eigenvalue weighted by Gasteiger charge is 2.19. The molecule has 0 aliphatic heterocycles. The fraction of sp³-hybridized carbons (Fsp3) is 0.859. The minimum Gasteiger partial charge on any atom is -0.462 e. The van der Waals surface area contributed by atoms with Crippen molar-refractivity contribution in [3.63, 3.8) is 0 Å².